The number of furan rings is 1. The van der Waals surface area contributed by atoms with Crippen molar-refractivity contribution in [3.8, 4) is 5.75 Å². The van der Waals surface area contributed by atoms with Crippen LogP contribution in [0.15, 0.2) is 47.1 Å². The normalized spacial score (nSPS) is 18.5. The SMILES string of the molecule is COc1ccc(N2CCN(C(=O)COC(=O)[C@@H]3CCCN3C(=O)c3ccco3)CC2)cc1. The molecule has 32 heavy (non-hydrogen) atoms. The molecule has 0 unspecified atom stereocenters. The first-order valence-corrected chi connectivity index (χ1v) is 10.7. The number of hydrogen-bond acceptors (Lipinski definition) is 7. The Labute approximate surface area is 186 Å². The van der Waals surface area contributed by atoms with E-state index >= 15 is 0 Å². The molecule has 2 aliphatic rings. The number of piperazine rings is 1. The number of nitrogens with zero attached hydrogens (tertiary/aromatic N) is 3. The zero-order valence-corrected chi connectivity index (χ0v) is 18.1. The van der Waals surface area contributed by atoms with Crippen LogP contribution in [0.1, 0.15) is 23.4 Å². The van der Waals surface area contributed by atoms with Crippen LogP contribution in [0.5, 0.6) is 5.75 Å². The molecule has 2 amide bonds. The van der Waals surface area contributed by atoms with Crippen LogP contribution in [0.25, 0.3) is 0 Å². The molecular weight excluding hydrogens is 414 g/mol. The quantitative estimate of drug-likeness (QED) is 0.631. The van der Waals surface area contributed by atoms with Crippen molar-refractivity contribution in [2.45, 2.75) is 18.9 Å². The van der Waals surface area contributed by atoms with Crippen LogP contribution < -0.4 is 9.64 Å². The van der Waals surface area contributed by atoms with Crippen molar-refractivity contribution in [1.29, 1.82) is 0 Å². The van der Waals surface area contributed by atoms with E-state index in [4.69, 9.17) is 13.9 Å². The van der Waals surface area contributed by atoms with Gasteiger partial charge in [-0.15, -0.1) is 0 Å². The monoisotopic (exact) mass is 441 g/mol. The summed E-state index contributed by atoms with van der Waals surface area (Å²) in [5.41, 5.74) is 1.08. The maximum absolute atomic E-state index is 12.6. The van der Waals surface area contributed by atoms with Crippen LogP contribution in [0, 0.1) is 0 Å². The van der Waals surface area contributed by atoms with Crippen molar-refractivity contribution in [2.75, 3.05) is 51.3 Å². The highest BCUT2D eigenvalue weighted by Gasteiger charge is 2.37. The van der Waals surface area contributed by atoms with E-state index in [1.807, 2.05) is 24.3 Å². The van der Waals surface area contributed by atoms with Crippen molar-refractivity contribution in [3.05, 3.63) is 48.4 Å². The molecule has 0 bridgehead atoms. The van der Waals surface area contributed by atoms with Gasteiger partial charge in [0.2, 0.25) is 0 Å². The summed E-state index contributed by atoms with van der Waals surface area (Å²) in [6, 6.07) is 10.3. The third kappa shape index (κ3) is 4.71. The number of anilines is 1. The number of amides is 2. The van der Waals surface area contributed by atoms with Crippen LogP contribution in [0.3, 0.4) is 0 Å². The zero-order valence-electron chi connectivity index (χ0n) is 18.1. The highest BCUT2D eigenvalue weighted by Crippen LogP contribution is 2.22. The Morgan fingerprint density at radius 2 is 1.78 bits per heavy atom. The van der Waals surface area contributed by atoms with Gasteiger partial charge in [-0.25, -0.2) is 4.79 Å². The molecule has 0 aliphatic carbocycles. The van der Waals surface area contributed by atoms with Crippen LogP contribution in [-0.2, 0) is 14.3 Å². The largest absolute Gasteiger partial charge is 0.497 e. The summed E-state index contributed by atoms with van der Waals surface area (Å²) < 4.78 is 15.6. The second kappa shape index (κ2) is 9.76. The topological polar surface area (TPSA) is 92.5 Å². The van der Waals surface area contributed by atoms with Crippen molar-refractivity contribution < 1.29 is 28.3 Å². The van der Waals surface area contributed by atoms with Gasteiger partial charge in [0.1, 0.15) is 11.8 Å². The number of benzene rings is 1. The van der Waals surface area contributed by atoms with Crippen molar-refractivity contribution in [2.24, 2.45) is 0 Å². The van der Waals surface area contributed by atoms with Gasteiger partial charge >= 0.3 is 5.97 Å². The fourth-order valence-corrected chi connectivity index (χ4v) is 4.12. The highest BCUT2D eigenvalue weighted by molar-refractivity contribution is 5.95. The van der Waals surface area contributed by atoms with Crippen molar-refractivity contribution in [3.63, 3.8) is 0 Å². The molecule has 0 spiro atoms. The summed E-state index contributed by atoms with van der Waals surface area (Å²) in [5.74, 6) is -0.121. The summed E-state index contributed by atoms with van der Waals surface area (Å²) in [6.07, 6.45) is 2.64. The number of carbonyl (C=O) groups excluding carboxylic acids is 3. The van der Waals surface area contributed by atoms with Gasteiger partial charge in [-0.2, -0.15) is 0 Å². The van der Waals surface area contributed by atoms with Gasteiger partial charge in [0, 0.05) is 38.4 Å². The first-order valence-electron chi connectivity index (χ1n) is 10.7. The number of rotatable bonds is 6. The molecular formula is C23H27N3O6. The Bertz CT molecular complexity index is 935. The number of methoxy groups -OCH3 is 1. The predicted molar refractivity (Wildman–Crippen MR) is 116 cm³/mol. The third-order valence-electron chi connectivity index (χ3n) is 5.93. The van der Waals surface area contributed by atoms with E-state index < -0.39 is 12.0 Å². The Morgan fingerprint density at radius 1 is 1.03 bits per heavy atom. The van der Waals surface area contributed by atoms with E-state index in [0.29, 0.717) is 45.6 Å². The second-order valence-corrected chi connectivity index (χ2v) is 7.81. The van der Waals surface area contributed by atoms with Gasteiger partial charge in [0.05, 0.1) is 13.4 Å². The van der Waals surface area contributed by atoms with Crippen molar-refractivity contribution >= 4 is 23.5 Å². The van der Waals surface area contributed by atoms with Gasteiger partial charge in [-0.1, -0.05) is 0 Å². The molecule has 1 atom stereocenters. The summed E-state index contributed by atoms with van der Waals surface area (Å²) in [4.78, 5) is 43.0. The van der Waals surface area contributed by atoms with Crippen LogP contribution >= 0.6 is 0 Å². The fraction of sp³-hybridized carbons (Fsp3) is 0.435. The molecule has 3 heterocycles. The first kappa shape index (κ1) is 21.7. The lowest BCUT2D eigenvalue weighted by Crippen LogP contribution is -2.50. The summed E-state index contributed by atoms with van der Waals surface area (Å²) >= 11 is 0. The Morgan fingerprint density at radius 3 is 2.44 bits per heavy atom. The van der Waals surface area contributed by atoms with Gasteiger partial charge in [-0.3, -0.25) is 9.59 Å². The third-order valence-corrected chi connectivity index (χ3v) is 5.93. The van der Waals surface area contributed by atoms with E-state index in [1.165, 1.54) is 11.2 Å². The van der Waals surface area contributed by atoms with E-state index in [9.17, 15) is 14.4 Å². The first-order chi connectivity index (χ1) is 15.6. The molecule has 0 N–H and O–H groups in total. The molecule has 9 nitrogen and oxygen atoms in total. The molecule has 4 rings (SSSR count). The molecule has 0 radical (unpaired) electrons. The van der Waals surface area contributed by atoms with Gasteiger partial charge in [-0.05, 0) is 49.2 Å². The van der Waals surface area contributed by atoms with E-state index in [-0.39, 0.29) is 24.2 Å². The lowest BCUT2D eigenvalue weighted by atomic mass is 10.2. The summed E-state index contributed by atoms with van der Waals surface area (Å²) in [6.45, 7) is 2.63. The molecule has 2 fully saturated rings. The standard InChI is InChI=1S/C23H27N3O6/c1-30-18-8-6-17(7-9-18)24-11-13-25(14-12-24)21(27)16-32-23(29)19-4-2-10-26(19)22(28)20-5-3-15-31-20/h3,5-9,15,19H,2,4,10-14,16H2,1H3/t19-/m0/s1. The lowest BCUT2D eigenvalue weighted by molar-refractivity contribution is -0.155. The van der Waals surface area contributed by atoms with E-state index in [0.717, 1.165) is 11.4 Å². The smallest absolute Gasteiger partial charge is 0.329 e. The lowest BCUT2D eigenvalue weighted by Gasteiger charge is -2.36. The van der Waals surface area contributed by atoms with Gasteiger partial charge in [0.25, 0.3) is 11.8 Å². The molecule has 1 aromatic heterocycles. The number of esters is 1. The minimum absolute atomic E-state index is 0.190. The zero-order chi connectivity index (χ0) is 22.5. The van der Waals surface area contributed by atoms with Gasteiger partial charge < -0.3 is 28.6 Å². The molecule has 2 aromatic rings. The van der Waals surface area contributed by atoms with Gasteiger partial charge in [0.15, 0.2) is 12.4 Å². The maximum atomic E-state index is 12.6. The van der Waals surface area contributed by atoms with Crippen LogP contribution in [-0.4, -0.2) is 80.1 Å². The molecule has 2 aliphatic heterocycles. The predicted octanol–water partition coefficient (Wildman–Crippen LogP) is 1.78. The van der Waals surface area contributed by atoms with Crippen LogP contribution in [0.2, 0.25) is 0 Å². The minimum Gasteiger partial charge on any atom is -0.497 e. The molecule has 9 heteroatoms. The average Bonchev–Trinajstić information content (AvgIpc) is 3.55. The number of hydrogen-bond donors (Lipinski definition) is 0. The number of carbonyl (C=O) groups is 3. The Kier molecular flexibility index (Phi) is 6.63. The highest BCUT2D eigenvalue weighted by atomic mass is 16.5. The Hall–Kier alpha value is -3.49. The minimum atomic E-state index is -0.688. The van der Waals surface area contributed by atoms with E-state index in [2.05, 4.69) is 4.90 Å². The van der Waals surface area contributed by atoms with Crippen LogP contribution in [0.4, 0.5) is 5.69 Å². The Balaban J connectivity index is 1.25. The fourth-order valence-electron chi connectivity index (χ4n) is 4.12. The number of ether oxygens (including phenoxy) is 2. The maximum Gasteiger partial charge on any atom is 0.329 e. The number of likely N-dealkylation sites (tertiary alicyclic amines) is 1. The average molecular weight is 441 g/mol. The van der Waals surface area contributed by atoms with E-state index in [1.54, 1.807) is 24.1 Å². The van der Waals surface area contributed by atoms with Crippen molar-refractivity contribution in [1.82, 2.24) is 9.80 Å². The molecule has 170 valence electrons. The molecule has 1 aromatic carbocycles. The molecule has 2 saturated heterocycles. The second-order valence-electron chi connectivity index (χ2n) is 7.81. The summed E-state index contributed by atoms with van der Waals surface area (Å²) in [5, 5.41) is 0. The molecule has 0 saturated carbocycles. The summed E-state index contributed by atoms with van der Waals surface area (Å²) in [7, 11) is 1.63.